The van der Waals surface area contributed by atoms with Gasteiger partial charge in [-0.25, -0.2) is 4.98 Å². The van der Waals surface area contributed by atoms with Crippen LogP contribution < -0.4 is 5.32 Å². The third-order valence-electron chi connectivity index (χ3n) is 2.15. The van der Waals surface area contributed by atoms with E-state index in [-0.39, 0.29) is 5.91 Å². The first-order valence-electron chi connectivity index (χ1n) is 5.34. The van der Waals surface area contributed by atoms with Crippen LogP contribution in [0, 0.1) is 0 Å². The second kappa shape index (κ2) is 6.56. The molecule has 0 aliphatic rings. The lowest BCUT2D eigenvalue weighted by Crippen LogP contribution is -2.14. The van der Waals surface area contributed by atoms with Crippen LogP contribution in [0.2, 0.25) is 0 Å². The van der Waals surface area contributed by atoms with Crippen molar-refractivity contribution in [2.45, 2.75) is 4.90 Å². The summed E-state index contributed by atoms with van der Waals surface area (Å²) in [6, 6.07) is 13.4. The molecular formula is C13H11BrN2OS. The number of hydrogen-bond donors (Lipinski definition) is 1. The maximum Gasteiger partial charge on any atom is 0.234 e. The summed E-state index contributed by atoms with van der Waals surface area (Å²) in [5.74, 6) is 0.336. The maximum atomic E-state index is 11.8. The third-order valence-corrected chi connectivity index (χ3v) is 3.79. The molecule has 0 spiro atoms. The van der Waals surface area contributed by atoms with E-state index >= 15 is 0 Å². The van der Waals surface area contributed by atoms with Gasteiger partial charge in [0.25, 0.3) is 0 Å². The van der Waals surface area contributed by atoms with Crippen molar-refractivity contribution in [2.75, 3.05) is 11.1 Å². The van der Waals surface area contributed by atoms with E-state index in [2.05, 4.69) is 26.2 Å². The van der Waals surface area contributed by atoms with Crippen LogP contribution >= 0.6 is 27.7 Å². The first-order chi connectivity index (χ1) is 8.75. The van der Waals surface area contributed by atoms with Crippen molar-refractivity contribution in [1.29, 1.82) is 0 Å². The largest absolute Gasteiger partial charge is 0.323 e. The Labute approximate surface area is 118 Å². The molecule has 0 saturated heterocycles. The molecule has 92 valence electrons. The number of hydrogen-bond acceptors (Lipinski definition) is 3. The van der Waals surface area contributed by atoms with E-state index in [1.54, 1.807) is 12.3 Å². The van der Waals surface area contributed by atoms with Gasteiger partial charge in [-0.1, -0.05) is 18.2 Å². The van der Waals surface area contributed by atoms with E-state index in [1.807, 2.05) is 36.4 Å². The molecule has 0 bridgehead atoms. The van der Waals surface area contributed by atoms with Crippen molar-refractivity contribution in [3.05, 3.63) is 53.3 Å². The highest BCUT2D eigenvalue weighted by atomic mass is 79.9. The van der Waals surface area contributed by atoms with Crippen molar-refractivity contribution in [1.82, 2.24) is 4.98 Å². The Hall–Kier alpha value is -1.33. The highest BCUT2D eigenvalue weighted by molar-refractivity contribution is 9.10. The summed E-state index contributed by atoms with van der Waals surface area (Å²) in [4.78, 5) is 16.9. The predicted octanol–water partition coefficient (Wildman–Crippen LogP) is 3.57. The second-order valence-corrected chi connectivity index (χ2v) is 5.29. The number of nitrogens with one attached hydrogen (secondary N) is 1. The van der Waals surface area contributed by atoms with E-state index in [0.29, 0.717) is 16.0 Å². The molecule has 0 aliphatic heterocycles. The molecule has 1 aromatic carbocycles. The van der Waals surface area contributed by atoms with Crippen LogP contribution in [0.3, 0.4) is 0 Å². The number of amides is 1. The van der Waals surface area contributed by atoms with Crippen molar-refractivity contribution in [3.8, 4) is 0 Å². The molecule has 1 amide bonds. The van der Waals surface area contributed by atoms with Gasteiger partial charge in [0.1, 0.15) is 4.60 Å². The average molecular weight is 323 g/mol. The Kier molecular flexibility index (Phi) is 4.78. The zero-order valence-corrected chi connectivity index (χ0v) is 11.9. The van der Waals surface area contributed by atoms with Crippen LogP contribution in [0.4, 0.5) is 5.69 Å². The van der Waals surface area contributed by atoms with Gasteiger partial charge >= 0.3 is 0 Å². The fraction of sp³-hybridized carbons (Fsp3) is 0.0769. The summed E-state index contributed by atoms with van der Waals surface area (Å²) < 4.78 is 0.642. The molecular weight excluding hydrogens is 312 g/mol. The van der Waals surface area contributed by atoms with Crippen LogP contribution in [0.15, 0.2) is 58.2 Å². The number of carbonyl (C=O) groups excluding carboxylic acids is 1. The van der Waals surface area contributed by atoms with E-state index in [1.165, 1.54) is 11.8 Å². The Morgan fingerprint density at radius 2 is 2.00 bits per heavy atom. The number of benzene rings is 1. The maximum absolute atomic E-state index is 11.8. The summed E-state index contributed by atoms with van der Waals surface area (Å²) in [6.07, 6.45) is 1.67. The van der Waals surface area contributed by atoms with Crippen molar-refractivity contribution in [3.63, 3.8) is 0 Å². The molecule has 0 fully saturated rings. The summed E-state index contributed by atoms with van der Waals surface area (Å²) in [5, 5.41) is 2.81. The molecule has 0 atom stereocenters. The Morgan fingerprint density at radius 1 is 1.22 bits per heavy atom. The Balaban J connectivity index is 1.88. The molecule has 0 aliphatic carbocycles. The van der Waals surface area contributed by atoms with Crippen LogP contribution in [-0.2, 0) is 4.79 Å². The van der Waals surface area contributed by atoms with Crippen LogP contribution in [0.25, 0.3) is 0 Å². The normalized spacial score (nSPS) is 10.1. The SMILES string of the molecule is O=C(CSc1ccccc1)Nc1cccnc1Br. The smallest absolute Gasteiger partial charge is 0.234 e. The summed E-state index contributed by atoms with van der Waals surface area (Å²) in [6.45, 7) is 0. The minimum atomic E-state index is -0.0439. The fourth-order valence-electron chi connectivity index (χ4n) is 1.33. The van der Waals surface area contributed by atoms with Crippen molar-refractivity contribution >= 4 is 39.3 Å². The number of thioether (sulfide) groups is 1. The summed E-state index contributed by atoms with van der Waals surface area (Å²) >= 11 is 4.79. The third kappa shape index (κ3) is 3.85. The first kappa shape index (κ1) is 13.1. The molecule has 0 unspecified atom stereocenters. The topological polar surface area (TPSA) is 42.0 Å². The quantitative estimate of drug-likeness (QED) is 0.691. The Morgan fingerprint density at radius 3 is 2.72 bits per heavy atom. The number of rotatable bonds is 4. The molecule has 1 heterocycles. The molecule has 0 saturated carbocycles. The van der Waals surface area contributed by atoms with Gasteiger partial charge in [-0.05, 0) is 40.2 Å². The highest BCUT2D eigenvalue weighted by Gasteiger charge is 2.06. The lowest BCUT2D eigenvalue weighted by molar-refractivity contribution is -0.113. The summed E-state index contributed by atoms with van der Waals surface area (Å²) in [5.41, 5.74) is 0.691. The van der Waals surface area contributed by atoms with E-state index in [0.717, 1.165) is 4.90 Å². The molecule has 2 rings (SSSR count). The number of anilines is 1. The van der Waals surface area contributed by atoms with Crippen molar-refractivity contribution < 1.29 is 4.79 Å². The standard InChI is InChI=1S/C13H11BrN2OS/c14-13-11(7-4-8-15-13)16-12(17)9-18-10-5-2-1-3-6-10/h1-8H,9H2,(H,16,17). The minimum absolute atomic E-state index is 0.0439. The van der Waals surface area contributed by atoms with Gasteiger partial charge in [-0.2, -0.15) is 0 Å². The molecule has 1 aromatic heterocycles. The van der Waals surface area contributed by atoms with Gasteiger partial charge in [0.15, 0.2) is 0 Å². The molecule has 0 radical (unpaired) electrons. The number of carbonyl (C=O) groups is 1. The lowest BCUT2D eigenvalue weighted by atomic mass is 10.4. The van der Waals surface area contributed by atoms with E-state index in [9.17, 15) is 4.79 Å². The number of halogens is 1. The zero-order valence-electron chi connectivity index (χ0n) is 9.47. The molecule has 5 heteroatoms. The van der Waals surface area contributed by atoms with Gasteiger partial charge in [0.05, 0.1) is 11.4 Å². The monoisotopic (exact) mass is 322 g/mol. The average Bonchev–Trinajstić information content (AvgIpc) is 2.40. The van der Waals surface area contributed by atoms with Gasteiger partial charge in [0, 0.05) is 11.1 Å². The number of aromatic nitrogens is 1. The molecule has 18 heavy (non-hydrogen) atoms. The first-order valence-corrected chi connectivity index (χ1v) is 7.12. The predicted molar refractivity (Wildman–Crippen MR) is 77.7 cm³/mol. The van der Waals surface area contributed by atoms with Gasteiger partial charge in [-0.3, -0.25) is 4.79 Å². The molecule has 3 nitrogen and oxygen atoms in total. The zero-order chi connectivity index (χ0) is 12.8. The van der Waals surface area contributed by atoms with Crippen LogP contribution in [0.1, 0.15) is 0 Å². The number of nitrogens with zero attached hydrogens (tertiary/aromatic N) is 1. The van der Waals surface area contributed by atoms with Gasteiger partial charge in [-0.15, -0.1) is 11.8 Å². The van der Waals surface area contributed by atoms with Crippen LogP contribution in [0.5, 0.6) is 0 Å². The second-order valence-electron chi connectivity index (χ2n) is 3.49. The van der Waals surface area contributed by atoms with E-state index < -0.39 is 0 Å². The number of pyridine rings is 1. The molecule has 1 N–H and O–H groups in total. The van der Waals surface area contributed by atoms with Crippen molar-refractivity contribution in [2.24, 2.45) is 0 Å². The highest BCUT2D eigenvalue weighted by Crippen LogP contribution is 2.20. The molecule has 2 aromatic rings. The van der Waals surface area contributed by atoms with Gasteiger partial charge < -0.3 is 5.32 Å². The minimum Gasteiger partial charge on any atom is -0.323 e. The summed E-state index contributed by atoms with van der Waals surface area (Å²) in [7, 11) is 0. The Bertz CT molecular complexity index is 534. The van der Waals surface area contributed by atoms with Crippen LogP contribution in [-0.4, -0.2) is 16.6 Å². The fourth-order valence-corrected chi connectivity index (χ4v) is 2.40. The lowest BCUT2D eigenvalue weighted by Gasteiger charge is -2.06. The van der Waals surface area contributed by atoms with E-state index in [4.69, 9.17) is 0 Å². The van der Waals surface area contributed by atoms with Gasteiger partial charge in [0.2, 0.25) is 5.91 Å².